The van der Waals surface area contributed by atoms with E-state index in [0.29, 0.717) is 11.5 Å². The zero-order valence-electron chi connectivity index (χ0n) is 12.2. The highest BCUT2D eigenvalue weighted by molar-refractivity contribution is 5.37. The lowest BCUT2D eigenvalue weighted by atomic mass is 9.83. The van der Waals surface area contributed by atoms with E-state index in [1.807, 2.05) is 33.8 Å². The minimum Gasteiger partial charge on any atom is -0.490 e. The third-order valence-corrected chi connectivity index (χ3v) is 3.41. The van der Waals surface area contributed by atoms with Crippen LogP contribution in [0.5, 0.6) is 5.75 Å². The van der Waals surface area contributed by atoms with Crippen molar-refractivity contribution in [2.24, 2.45) is 5.92 Å². The van der Waals surface area contributed by atoms with E-state index in [9.17, 15) is 4.39 Å². The summed E-state index contributed by atoms with van der Waals surface area (Å²) in [7, 11) is 0. The van der Waals surface area contributed by atoms with Crippen molar-refractivity contribution in [1.82, 2.24) is 0 Å². The lowest BCUT2D eigenvalue weighted by Gasteiger charge is -2.34. The van der Waals surface area contributed by atoms with Crippen LogP contribution in [0, 0.1) is 11.7 Å². The summed E-state index contributed by atoms with van der Waals surface area (Å²) in [5, 5.41) is 0. The van der Waals surface area contributed by atoms with E-state index in [4.69, 9.17) is 4.74 Å². The van der Waals surface area contributed by atoms with Gasteiger partial charge in [-0.15, -0.1) is 0 Å². The van der Waals surface area contributed by atoms with Gasteiger partial charge in [-0.2, -0.15) is 0 Å². The second-order valence-electron chi connectivity index (χ2n) is 5.02. The van der Waals surface area contributed by atoms with Crippen LogP contribution in [-0.2, 0) is 0 Å². The average molecular weight is 268 g/mol. The molecule has 0 aromatic heterocycles. The van der Waals surface area contributed by atoms with Gasteiger partial charge in [0.1, 0.15) is 17.7 Å². The minimum absolute atomic E-state index is 0. The van der Waals surface area contributed by atoms with E-state index in [2.05, 4.69) is 6.92 Å². The molecular weight excluding hydrogens is 239 g/mol. The van der Waals surface area contributed by atoms with Gasteiger partial charge in [0.05, 0.1) is 0 Å². The SMILES string of the molecule is C.CC.CC(C)c1c(F)cccc1O[C@@H]1CC[C@H]1C. The van der Waals surface area contributed by atoms with E-state index in [-0.39, 0.29) is 25.3 Å². The zero-order chi connectivity index (χ0) is 13.7. The van der Waals surface area contributed by atoms with Gasteiger partial charge in [-0.1, -0.05) is 48.1 Å². The van der Waals surface area contributed by atoms with Crippen molar-refractivity contribution in [3.8, 4) is 5.75 Å². The van der Waals surface area contributed by atoms with Crippen molar-refractivity contribution in [3.63, 3.8) is 0 Å². The highest BCUT2D eigenvalue weighted by Gasteiger charge is 2.29. The average Bonchev–Trinajstić information content (AvgIpc) is 2.36. The molecule has 1 aromatic rings. The van der Waals surface area contributed by atoms with Crippen LogP contribution in [0.1, 0.15) is 66.4 Å². The minimum atomic E-state index is -0.153. The molecule has 0 saturated heterocycles. The number of halogens is 1. The van der Waals surface area contributed by atoms with E-state index >= 15 is 0 Å². The molecule has 19 heavy (non-hydrogen) atoms. The topological polar surface area (TPSA) is 9.23 Å². The first-order chi connectivity index (χ1) is 8.59. The van der Waals surface area contributed by atoms with Gasteiger partial charge in [-0.05, 0) is 36.8 Å². The standard InChI is InChI=1S/C14H19FO.C2H6.CH4/c1-9(2)14-11(15)5-4-6-13(14)16-12-8-7-10(12)3;1-2;/h4-6,9-10,12H,7-8H2,1-3H3;1-2H3;1H4/t10-,12-;;/m1../s1. The number of benzene rings is 1. The maximum Gasteiger partial charge on any atom is 0.130 e. The first-order valence-corrected chi connectivity index (χ1v) is 7.04. The predicted octanol–water partition coefficient (Wildman–Crippen LogP) is 5.79. The number of hydrogen-bond acceptors (Lipinski definition) is 1. The fourth-order valence-corrected chi connectivity index (χ4v) is 2.15. The summed E-state index contributed by atoms with van der Waals surface area (Å²) in [6, 6.07) is 5.11. The molecule has 1 aliphatic carbocycles. The van der Waals surface area contributed by atoms with Gasteiger partial charge < -0.3 is 4.74 Å². The van der Waals surface area contributed by atoms with Crippen LogP contribution in [0.2, 0.25) is 0 Å². The lowest BCUT2D eigenvalue weighted by Crippen LogP contribution is -2.34. The van der Waals surface area contributed by atoms with Gasteiger partial charge in [0.15, 0.2) is 0 Å². The number of rotatable bonds is 3. The molecule has 1 saturated carbocycles. The molecule has 0 heterocycles. The van der Waals surface area contributed by atoms with Crippen molar-refractivity contribution in [2.45, 2.75) is 66.9 Å². The Labute approximate surface area is 118 Å². The third-order valence-electron chi connectivity index (χ3n) is 3.41. The van der Waals surface area contributed by atoms with Crippen molar-refractivity contribution in [1.29, 1.82) is 0 Å². The number of ether oxygens (including phenoxy) is 1. The molecule has 1 aromatic carbocycles. The Morgan fingerprint density at radius 2 is 1.84 bits per heavy atom. The Kier molecular flexibility index (Phi) is 7.73. The largest absolute Gasteiger partial charge is 0.490 e. The first kappa shape index (κ1) is 17.9. The summed E-state index contributed by atoms with van der Waals surface area (Å²) in [4.78, 5) is 0. The van der Waals surface area contributed by atoms with E-state index in [0.717, 1.165) is 12.2 Å². The summed E-state index contributed by atoms with van der Waals surface area (Å²) >= 11 is 0. The van der Waals surface area contributed by atoms with Gasteiger partial charge >= 0.3 is 0 Å². The van der Waals surface area contributed by atoms with Gasteiger partial charge in [0, 0.05) is 5.56 Å². The second-order valence-corrected chi connectivity index (χ2v) is 5.02. The van der Waals surface area contributed by atoms with Crippen LogP contribution >= 0.6 is 0 Å². The van der Waals surface area contributed by atoms with Crippen LogP contribution in [0.3, 0.4) is 0 Å². The summed E-state index contributed by atoms with van der Waals surface area (Å²) in [6.45, 7) is 10.2. The Balaban J connectivity index is 0.00000103. The maximum absolute atomic E-state index is 13.7. The van der Waals surface area contributed by atoms with Crippen molar-refractivity contribution >= 4 is 0 Å². The molecule has 0 unspecified atom stereocenters. The monoisotopic (exact) mass is 268 g/mol. The Morgan fingerprint density at radius 3 is 2.26 bits per heavy atom. The molecule has 1 aliphatic rings. The molecular formula is C17H29FO. The summed E-state index contributed by atoms with van der Waals surface area (Å²) in [5.74, 6) is 1.33. The van der Waals surface area contributed by atoms with Crippen molar-refractivity contribution in [2.75, 3.05) is 0 Å². The zero-order valence-corrected chi connectivity index (χ0v) is 12.2. The van der Waals surface area contributed by atoms with Crippen LogP contribution in [0.15, 0.2) is 18.2 Å². The van der Waals surface area contributed by atoms with Gasteiger partial charge in [-0.3, -0.25) is 0 Å². The smallest absolute Gasteiger partial charge is 0.130 e. The van der Waals surface area contributed by atoms with Gasteiger partial charge in [-0.25, -0.2) is 4.39 Å². The molecule has 0 bridgehead atoms. The molecule has 0 N–H and O–H groups in total. The fraction of sp³-hybridized carbons (Fsp3) is 0.647. The van der Waals surface area contributed by atoms with Crippen LogP contribution < -0.4 is 4.74 Å². The van der Waals surface area contributed by atoms with E-state index in [1.165, 1.54) is 12.5 Å². The molecule has 0 amide bonds. The number of hydrogen-bond donors (Lipinski definition) is 0. The third kappa shape index (κ3) is 4.22. The molecule has 110 valence electrons. The van der Waals surface area contributed by atoms with E-state index in [1.54, 1.807) is 6.07 Å². The van der Waals surface area contributed by atoms with Crippen LogP contribution in [0.4, 0.5) is 4.39 Å². The molecule has 2 atom stereocenters. The van der Waals surface area contributed by atoms with Crippen LogP contribution in [-0.4, -0.2) is 6.10 Å². The predicted molar refractivity (Wildman–Crippen MR) is 81.4 cm³/mol. The quantitative estimate of drug-likeness (QED) is 0.674. The van der Waals surface area contributed by atoms with Crippen molar-refractivity contribution in [3.05, 3.63) is 29.6 Å². The highest BCUT2D eigenvalue weighted by Crippen LogP contribution is 2.35. The second kappa shape index (κ2) is 8.19. The normalized spacial score (nSPS) is 20.8. The Bertz CT molecular complexity index is 374. The van der Waals surface area contributed by atoms with Gasteiger partial charge in [0.2, 0.25) is 0 Å². The summed E-state index contributed by atoms with van der Waals surface area (Å²) in [5.41, 5.74) is 0.710. The molecule has 2 rings (SSSR count). The van der Waals surface area contributed by atoms with E-state index < -0.39 is 0 Å². The summed E-state index contributed by atoms with van der Waals surface area (Å²) < 4.78 is 19.6. The fourth-order valence-electron chi connectivity index (χ4n) is 2.15. The first-order valence-electron chi connectivity index (χ1n) is 7.04. The molecule has 1 fully saturated rings. The molecule has 0 spiro atoms. The Morgan fingerprint density at radius 1 is 1.21 bits per heavy atom. The molecule has 0 radical (unpaired) electrons. The van der Waals surface area contributed by atoms with Crippen LogP contribution in [0.25, 0.3) is 0 Å². The maximum atomic E-state index is 13.7. The molecule has 2 heteroatoms. The Hall–Kier alpha value is -1.05. The van der Waals surface area contributed by atoms with Gasteiger partial charge in [0.25, 0.3) is 0 Å². The molecule has 1 nitrogen and oxygen atoms in total. The summed E-state index contributed by atoms with van der Waals surface area (Å²) in [6.07, 6.45) is 2.59. The highest BCUT2D eigenvalue weighted by atomic mass is 19.1. The lowest BCUT2D eigenvalue weighted by molar-refractivity contribution is 0.0562. The van der Waals surface area contributed by atoms with Crippen molar-refractivity contribution < 1.29 is 9.13 Å². The molecule has 0 aliphatic heterocycles.